The molecule has 30 heavy (non-hydrogen) atoms. The zero-order chi connectivity index (χ0) is 21.3. The van der Waals surface area contributed by atoms with E-state index in [1.165, 1.54) is 11.8 Å². The fourth-order valence-corrected chi connectivity index (χ4v) is 3.91. The Bertz CT molecular complexity index is 994. The van der Waals surface area contributed by atoms with Gasteiger partial charge in [0.15, 0.2) is 0 Å². The minimum Gasteiger partial charge on any atom is -0.345 e. The Labute approximate surface area is 188 Å². The zero-order valence-corrected chi connectivity index (χ0v) is 18.9. The lowest BCUT2D eigenvalue weighted by atomic mass is 10.2. The van der Waals surface area contributed by atoms with Crippen molar-refractivity contribution < 1.29 is 9.59 Å². The molecule has 0 fully saturated rings. The van der Waals surface area contributed by atoms with Crippen molar-refractivity contribution in [1.82, 2.24) is 15.3 Å². The Morgan fingerprint density at radius 1 is 1.10 bits per heavy atom. The maximum absolute atomic E-state index is 12.3. The highest BCUT2D eigenvalue weighted by molar-refractivity contribution is 9.10. The Morgan fingerprint density at radius 3 is 2.60 bits per heavy atom. The third-order valence-corrected chi connectivity index (χ3v) is 5.75. The van der Waals surface area contributed by atoms with Crippen molar-refractivity contribution >= 4 is 45.2 Å². The van der Waals surface area contributed by atoms with Gasteiger partial charge in [-0.15, -0.1) is 11.8 Å². The van der Waals surface area contributed by atoms with Crippen molar-refractivity contribution in [2.75, 3.05) is 16.8 Å². The lowest BCUT2D eigenvalue weighted by molar-refractivity contribution is -0.119. The molecule has 0 aliphatic carbocycles. The second kappa shape index (κ2) is 11.0. The number of amides is 2. The van der Waals surface area contributed by atoms with Crippen molar-refractivity contribution in [2.24, 2.45) is 0 Å². The van der Waals surface area contributed by atoms with Crippen LogP contribution in [0.1, 0.15) is 25.2 Å². The van der Waals surface area contributed by atoms with E-state index in [0.29, 0.717) is 6.42 Å². The molecule has 2 aromatic carbocycles. The van der Waals surface area contributed by atoms with Crippen molar-refractivity contribution in [3.63, 3.8) is 0 Å². The summed E-state index contributed by atoms with van der Waals surface area (Å²) in [4.78, 5) is 32.1. The molecule has 1 heterocycles. The number of halogens is 1. The average Bonchev–Trinajstić information content (AvgIpc) is 3.23. The number of benzene rings is 2. The van der Waals surface area contributed by atoms with Gasteiger partial charge in [0.2, 0.25) is 11.8 Å². The van der Waals surface area contributed by atoms with E-state index in [1.807, 2.05) is 61.5 Å². The molecule has 0 saturated heterocycles. The molecule has 0 aliphatic heterocycles. The molecule has 1 atom stereocenters. The molecular weight excluding hydrogens is 464 g/mol. The van der Waals surface area contributed by atoms with Gasteiger partial charge in [0.25, 0.3) is 0 Å². The molecule has 1 aromatic heterocycles. The summed E-state index contributed by atoms with van der Waals surface area (Å²) >= 11 is 4.65. The highest BCUT2D eigenvalue weighted by Crippen LogP contribution is 2.20. The molecule has 0 bridgehead atoms. The van der Waals surface area contributed by atoms with E-state index in [9.17, 15) is 9.59 Å². The summed E-state index contributed by atoms with van der Waals surface area (Å²) < 4.78 is 0.895. The van der Waals surface area contributed by atoms with Crippen molar-refractivity contribution in [3.05, 3.63) is 71.1 Å². The Balaban J connectivity index is 1.46. The molecule has 1 unspecified atom stereocenters. The quantitative estimate of drug-likeness (QED) is 0.406. The molecule has 6 nitrogen and oxygen atoms in total. The molecule has 0 radical (unpaired) electrons. The molecular formula is C22H23BrN4O2S. The second-order valence-corrected chi connectivity index (χ2v) is 8.53. The molecule has 3 aromatic rings. The van der Waals surface area contributed by atoms with Gasteiger partial charge < -0.3 is 15.6 Å². The van der Waals surface area contributed by atoms with E-state index in [2.05, 4.69) is 36.5 Å². The number of hydrogen-bond acceptors (Lipinski definition) is 4. The number of anilines is 1. The fraction of sp³-hybridized carbons (Fsp3) is 0.227. The SMILES string of the molecule is CCC(NC(=O)CSCC(=O)Nc1cccc(Br)c1)c1ncc(-c2ccccc2)[nH]1. The lowest BCUT2D eigenvalue weighted by Crippen LogP contribution is -2.30. The normalized spacial score (nSPS) is 11.7. The number of aromatic amines is 1. The van der Waals surface area contributed by atoms with Gasteiger partial charge in [-0.1, -0.05) is 59.3 Å². The van der Waals surface area contributed by atoms with Gasteiger partial charge in [-0.2, -0.15) is 0 Å². The van der Waals surface area contributed by atoms with Gasteiger partial charge in [0.05, 0.1) is 29.4 Å². The molecule has 156 valence electrons. The van der Waals surface area contributed by atoms with Crippen LogP contribution in [-0.2, 0) is 9.59 Å². The van der Waals surface area contributed by atoms with Gasteiger partial charge in [0.1, 0.15) is 5.82 Å². The van der Waals surface area contributed by atoms with Crippen LogP contribution in [-0.4, -0.2) is 33.3 Å². The number of nitrogens with one attached hydrogen (secondary N) is 3. The van der Waals surface area contributed by atoms with Crippen molar-refractivity contribution in [2.45, 2.75) is 19.4 Å². The fourth-order valence-electron chi connectivity index (χ4n) is 2.88. The summed E-state index contributed by atoms with van der Waals surface area (Å²) in [6.45, 7) is 1.99. The van der Waals surface area contributed by atoms with Crippen molar-refractivity contribution in [3.8, 4) is 11.3 Å². The molecule has 8 heteroatoms. The molecule has 2 amide bonds. The number of aromatic nitrogens is 2. The van der Waals surface area contributed by atoms with E-state index >= 15 is 0 Å². The number of carbonyl (C=O) groups is 2. The minimum atomic E-state index is -0.203. The standard InChI is InChI=1S/C22H23BrN4O2S/c1-2-18(22-24-12-19(27-22)15-7-4-3-5-8-15)26-21(29)14-30-13-20(28)25-17-10-6-9-16(23)11-17/h3-12,18H,2,13-14H2,1H3,(H,24,27)(H,25,28)(H,26,29). The lowest BCUT2D eigenvalue weighted by Gasteiger charge is -2.14. The third kappa shape index (κ3) is 6.47. The topological polar surface area (TPSA) is 86.9 Å². The van der Waals surface area contributed by atoms with Gasteiger partial charge in [0, 0.05) is 10.2 Å². The largest absolute Gasteiger partial charge is 0.345 e. The first-order valence-electron chi connectivity index (χ1n) is 9.58. The van der Waals surface area contributed by atoms with Crippen LogP contribution in [0, 0.1) is 0 Å². The highest BCUT2D eigenvalue weighted by atomic mass is 79.9. The number of imidazole rings is 1. The summed E-state index contributed by atoms with van der Waals surface area (Å²) in [6.07, 6.45) is 2.49. The predicted molar refractivity (Wildman–Crippen MR) is 125 cm³/mol. The summed E-state index contributed by atoms with van der Waals surface area (Å²) in [5.74, 6) is 0.864. The third-order valence-electron chi connectivity index (χ3n) is 4.33. The first-order valence-corrected chi connectivity index (χ1v) is 11.5. The summed E-state index contributed by atoms with van der Waals surface area (Å²) in [5, 5.41) is 5.80. The van der Waals surface area contributed by atoms with Crippen LogP contribution in [0.4, 0.5) is 5.69 Å². The van der Waals surface area contributed by atoms with E-state index in [-0.39, 0.29) is 29.4 Å². The number of carbonyl (C=O) groups excluding carboxylic acids is 2. The number of nitrogens with zero attached hydrogens (tertiary/aromatic N) is 1. The van der Waals surface area contributed by atoms with Gasteiger partial charge >= 0.3 is 0 Å². The average molecular weight is 487 g/mol. The monoisotopic (exact) mass is 486 g/mol. The summed E-state index contributed by atoms with van der Waals surface area (Å²) in [5.41, 5.74) is 2.68. The van der Waals surface area contributed by atoms with Crippen LogP contribution in [0.25, 0.3) is 11.3 Å². The zero-order valence-electron chi connectivity index (χ0n) is 16.5. The van der Waals surface area contributed by atoms with Gasteiger partial charge in [-0.25, -0.2) is 4.98 Å². The number of hydrogen-bond donors (Lipinski definition) is 3. The first kappa shape index (κ1) is 22.1. The molecule has 0 aliphatic rings. The van der Waals surface area contributed by atoms with Gasteiger partial charge in [-0.3, -0.25) is 9.59 Å². The maximum Gasteiger partial charge on any atom is 0.234 e. The highest BCUT2D eigenvalue weighted by Gasteiger charge is 2.17. The second-order valence-electron chi connectivity index (χ2n) is 6.63. The Kier molecular flexibility index (Phi) is 8.10. The van der Waals surface area contributed by atoms with E-state index in [1.54, 1.807) is 6.20 Å². The Hall–Kier alpha value is -2.58. The maximum atomic E-state index is 12.3. The molecule has 3 N–H and O–H groups in total. The van der Waals surface area contributed by atoms with Crippen LogP contribution in [0.15, 0.2) is 65.3 Å². The smallest absolute Gasteiger partial charge is 0.234 e. The minimum absolute atomic E-state index is 0.125. The summed E-state index contributed by atoms with van der Waals surface area (Å²) in [7, 11) is 0. The van der Waals surface area contributed by atoms with Crippen LogP contribution in [0.3, 0.4) is 0 Å². The van der Waals surface area contributed by atoms with E-state index in [4.69, 9.17) is 0 Å². The van der Waals surface area contributed by atoms with Crippen LogP contribution >= 0.6 is 27.7 Å². The van der Waals surface area contributed by atoms with Gasteiger partial charge in [-0.05, 0) is 30.2 Å². The molecule has 0 spiro atoms. The van der Waals surface area contributed by atoms with E-state index in [0.717, 1.165) is 27.2 Å². The predicted octanol–water partition coefficient (Wildman–Crippen LogP) is 4.78. The number of thioether (sulfide) groups is 1. The van der Waals surface area contributed by atoms with Crippen LogP contribution in [0.2, 0.25) is 0 Å². The number of H-pyrrole nitrogens is 1. The molecule has 3 rings (SSSR count). The Morgan fingerprint density at radius 2 is 1.87 bits per heavy atom. The summed E-state index contributed by atoms with van der Waals surface area (Å²) in [6, 6.07) is 17.1. The van der Waals surface area contributed by atoms with Crippen LogP contribution < -0.4 is 10.6 Å². The van der Waals surface area contributed by atoms with Crippen LogP contribution in [0.5, 0.6) is 0 Å². The molecule has 0 saturated carbocycles. The van der Waals surface area contributed by atoms with Crippen molar-refractivity contribution in [1.29, 1.82) is 0 Å². The number of rotatable bonds is 9. The van der Waals surface area contributed by atoms with E-state index < -0.39 is 0 Å². The first-order chi connectivity index (χ1) is 14.5.